The van der Waals surface area contributed by atoms with E-state index < -0.39 is 12.4 Å². The van der Waals surface area contributed by atoms with Crippen LogP contribution in [-0.2, 0) is 0 Å². The molecule has 0 amide bonds. The standard InChI is InChI=1S/C13H20BF3NO/c1-4-18(5-2)8-9-19-13-7-6-11(3)10-12(13)14(15,16)17/h6-7,10H,4-5,8-9H2,1-3H3/q-1. The lowest BCUT2D eigenvalue weighted by Gasteiger charge is -2.22. The van der Waals surface area contributed by atoms with E-state index in [-0.39, 0.29) is 12.4 Å². The molecular formula is C13H20BF3NO-. The largest absolute Gasteiger partial charge is 0.513 e. The van der Waals surface area contributed by atoms with Gasteiger partial charge in [-0.15, -0.1) is 0 Å². The number of nitrogens with zero attached hydrogens (tertiary/aromatic N) is 1. The zero-order valence-electron chi connectivity index (χ0n) is 11.6. The monoisotopic (exact) mass is 274 g/mol. The van der Waals surface area contributed by atoms with Crippen molar-refractivity contribution in [1.82, 2.24) is 4.90 Å². The molecule has 0 aliphatic carbocycles. The van der Waals surface area contributed by atoms with Gasteiger partial charge in [0.2, 0.25) is 0 Å². The Bertz CT molecular complexity index is 405. The molecule has 0 radical (unpaired) electrons. The molecule has 0 bridgehead atoms. The first-order valence-corrected chi connectivity index (χ1v) is 6.54. The molecular weight excluding hydrogens is 254 g/mol. The summed E-state index contributed by atoms with van der Waals surface area (Å²) in [6.07, 6.45) is 0. The maximum atomic E-state index is 12.9. The van der Waals surface area contributed by atoms with Crippen molar-refractivity contribution in [3.8, 4) is 5.75 Å². The van der Waals surface area contributed by atoms with E-state index in [1.54, 1.807) is 13.0 Å². The first kappa shape index (κ1) is 15.9. The van der Waals surface area contributed by atoms with Gasteiger partial charge in [0, 0.05) is 6.54 Å². The summed E-state index contributed by atoms with van der Waals surface area (Å²) in [5.74, 6) is -0.0646. The van der Waals surface area contributed by atoms with Crippen molar-refractivity contribution in [2.45, 2.75) is 20.8 Å². The maximum Gasteiger partial charge on any atom is 0.513 e. The van der Waals surface area contributed by atoms with Gasteiger partial charge in [-0.3, -0.25) is 0 Å². The Hall–Kier alpha value is -1.17. The summed E-state index contributed by atoms with van der Waals surface area (Å²) in [6, 6.07) is 4.19. The second kappa shape index (κ2) is 6.84. The fraction of sp³-hybridized carbons (Fsp3) is 0.538. The third-order valence-corrected chi connectivity index (χ3v) is 3.08. The van der Waals surface area contributed by atoms with Crippen LogP contribution in [0, 0.1) is 6.92 Å². The molecule has 2 nitrogen and oxygen atoms in total. The number of likely N-dealkylation sites (N-methyl/N-ethyl adjacent to an activating group) is 1. The van der Waals surface area contributed by atoms with Crippen molar-refractivity contribution in [2.75, 3.05) is 26.2 Å². The zero-order chi connectivity index (χ0) is 14.5. The summed E-state index contributed by atoms with van der Waals surface area (Å²) in [6.45, 7) is 3.26. The van der Waals surface area contributed by atoms with Crippen LogP contribution in [0.3, 0.4) is 0 Å². The van der Waals surface area contributed by atoms with E-state index in [4.69, 9.17) is 4.74 Å². The number of hydrogen-bond acceptors (Lipinski definition) is 2. The minimum absolute atomic E-state index is 0.0646. The van der Waals surface area contributed by atoms with E-state index in [9.17, 15) is 12.9 Å². The number of halogens is 3. The topological polar surface area (TPSA) is 12.5 Å². The number of ether oxygens (including phenoxy) is 1. The van der Waals surface area contributed by atoms with Gasteiger partial charge in [0.05, 0.1) is 5.75 Å². The van der Waals surface area contributed by atoms with Crippen molar-refractivity contribution in [3.63, 3.8) is 0 Å². The van der Waals surface area contributed by atoms with Gasteiger partial charge in [-0.2, -0.15) is 0 Å². The molecule has 0 aromatic heterocycles. The summed E-state index contributed by atoms with van der Waals surface area (Å²) < 4.78 is 44.1. The molecule has 0 unspecified atom stereocenters. The fourth-order valence-corrected chi connectivity index (χ4v) is 1.88. The SMILES string of the molecule is CCN(CC)CCOc1ccc(C)cc1[B-](F)(F)F. The van der Waals surface area contributed by atoms with Crippen LogP contribution in [0.4, 0.5) is 12.9 Å². The Kier molecular flexibility index (Phi) is 5.72. The highest BCUT2D eigenvalue weighted by atomic mass is 19.4. The third-order valence-electron chi connectivity index (χ3n) is 3.08. The van der Waals surface area contributed by atoms with Gasteiger partial charge in [0.15, 0.2) is 0 Å². The van der Waals surface area contributed by atoms with Crippen LogP contribution in [0.15, 0.2) is 18.2 Å². The normalized spacial score (nSPS) is 11.9. The average molecular weight is 274 g/mol. The van der Waals surface area contributed by atoms with Gasteiger partial charge >= 0.3 is 6.98 Å². The molecule has 0 N–H and O–H groups in total. The van der Waals surface area contributed by atoms with Gasteiger partial charge in [-0.25, -0.2) is 0 Å². The highest BCUT2D eigenvalue weighted by Crippen LogP contribution is 2.19. The summed E-state index contributed by atoms with van der Waals surface area (Å²) in [7, 11) is 0. The van der Waals surface area contributed by atoms with E-state index in [0.29, 0.717) is 12.1 Å². The lowest BCUT2D eigenvalue weighted by molar-refractivity contribution is 0.223. The van der Waals surface area contributed by atoms with Gasteiger partial charge < -0.3 is 22.6 Å². The first-order valence-electron chi connectivity index (χ1n) is 6.54. The fourth-order valence-electron chi connectivity index (χ4n) is 1.88. The third kappa shape index (κ3) is 4.78. The number of benzene rings is 1. The quantitative estimate of drug-likeness (QED) is 0.709. The van der Waals surface area contributed by atoms with Crippen LogP contribution in [0.2, 0.25) is 0 Å². The minimum atomic E-state index is -5.04. The van der Waals surface area contributed by atoms with Crippen LogP contribution >= 0.6 is 0 Å². The van der Waals surface area contributed by atoms with Crippen LogP contribution in [0.5, 0.6) is 5.75 Å². The summed E-state index contributed by atoms with van der Waals surface area (Å²) >= 11 is 0. The van der Waals surface area contributed by atoms with E-state index in [2.05, 4.69) is 4.90 Å². The predicted molar refractivity (Wildman–Crippen MR) is 73.2 cm³/mol. The molecule has 0 saturated carbocycles. The maximum absolute atomic E-state index is 12.9. The molecule has 0 atom stereocenters. The molecule has 108 valence electrons. The molecule has 19 heavy (non-hydrogen) atoms. The predicted octanol–water partition coefficient (Wildman–Crippen LogP) is 2.77. The Labute approximate surface area is 112 Å². The summed E-state index contributed by atoms with van der Waals surface area (Å²) in [5.41, 5.74) is -0.0511. The van der Waals surface area contributed by atoms with Crippen LogP contribution in [0.25, 0.3) is 0 Å². The average Bonchev–Trinajstić information content (AvgIpc) is 2.35. The van der Waals surface area contributed by atoms with E-state index >= 15 is 0 Å². The minimum Gasteiger partial charge on any atom is -0.495 e. The Morgan fingerprint density at radius 3 is 2.32 bits per heavy atom. The van der Waals surface area contributed by atoms with E-state index in [0.717, 1.165) is 19.2 Å². The molecule has 0 heterocycles. The summed E-state index contributed by atoms with van der Waals surface area (Å²) in [4.78, 5) is 2.10. The molecule has 1 aromatic carbocycles. The summed E-state index contributed by atoms with van der Waals surface area (Å²) in [5, 5.41) is 0. The van der Waals surface area contributed by atoms with Crippen LogP contribution in [-0.4, -0.2) is 38.1 Å². The molecule has 0 spiro atoms. The molecule has 0 aliphatic rings. The van der Waals surface area contributed by atoms with Crippen molar-refractivity contribution in [2.24, 2.45) is 0 Å². The van der Waals surface area contributed by atoms with Crippen molar-refractivity contribution in [1.29, 1.82) is 0 Å². The molecule has 0 aliphatic heterocycles. The Morgan fingerprint density at radius 1 is 1.16 bits per heavy atom. The number of rotatable bonds is 7. The highest BCUT2D eigenvalue weighted by Gasteiger charge is 2.29. The molecule has 1 rings (SSSR count). The van der Waals surface area contributed by atoms with Gasteiger partial charge in [0.25, 0.3) is 0 Å². The lowest BCUT2D eigenvalue weighted by Crippen LogP contribution is -2.36. The smallest absolute Gasteiger partial charge is 0.495 e. The Morgan fingerprint density at radius 2 is 1.79 bits per heavy atom. The van der Waals surface area contributed by atoms with Crippen LogP contribution < -0.4 is 10.2 Å². The van der Waals surface area contributed by atoms with E-state index in [1.807, 2.05) is 13.8 Å². The second-order valence-corrected chi connectivity index (χ2v) is 4.49. The van der Waals surface area contributed by atoms with Crippen molar-refractivity contribution >= 4 is 12.4 Å². The number of aryl methyl sites for hydroxylation is 1. The van der Waals surface area contributed by atoms with Gasteiger partial charge in [0.1, 0.15) is 6.61 Å². The second-order valence-electron chi connectivity index (χ2n) is 4.49. The first-order chi connectivity index (χ1) is 8.88. The van der Waals surface area contributed by atoms with Crippen LogP contribution in [0.1, 0.15) is 19.4 Å². The Balaban J connectivity index is 2.73. The van der Waals surface area contributed by atoms with Gasteiger partial charge in [-0.05, 0) is 26.1 Å². The highest BCUT2D eigenvalue weighted by molar-refractivity contribution is 6.74. The number of hydrogen-bond donors (Lipinski definition) is 0. The van der Waals surface area contributed by atoms with E-state index in [1.165, 1.54) is 6.07 Å². The zero-order valence-corrected chi connectivity index (χ0v) is 11.6. The van der Waals surface area contributed by atoms with Gasteiger partial charge in [-0.1, -0.05) is 37.0 Å². The molecule has 0 fully saturated rings. The lowest BCUT2D eigenvalue weighted by atomic mass is 9.78. The molecule has 0 saturated heterocycles. The van der Waals surface area contributed by atoms with Crippen molar-refractivity contribution < 1.29 is 17.7 Å². The van der Waals surface area contributed by atoms with Crippen molar-refractivity contribution in [3.05, 3.63) is 23.8 Å². The molecule has 6 heteroatoms. The molecule has 1 aromatic rings.